The van der Waals surface area contributed by atoms with Gasteiger partial charge in [-0.1, -0.05) is 6.07 Å². The lowest BCUT2D eigenvalue weighted by Gasteiger charge is -2.01. The molecule has 2 heterocycles. The Labute approximate surface area is 125 Å². The van der Waals surface area contributed by atoms with Crippen LogP contribution in [0.25, 0.3) is 10.9 Å². The number of amides is 1. The van der Waals surface area contributed by atoms with Gasteiger partial charge in [0, 0.05) is 17.3 Å². The summed E-state index contributed by atoms with van der Waals surface area (Å²) in [6.45, 7) is 1.93. The first kappa shape index (κ1) is 13.9. The topological polar surface area (TPSA) is 97.2 Å². The number of carbonyl (C=O) groups excluding carboxylic acids is 2. The van der Waals surface area contributed by atoms with Crippen LogP contribution in [0.1, 0.15) is 27.8 Å². The van der Waals surface area contributed by atoms with E-state index in [0.29, 0.717) is 5.56 Å². The molecular weight excluding hydrogens is 286 g/mol. The van der Waals surface area contributed by atoms with Crippen LogP contribution in [-0.2, 0) is 4.74 Å². The smallest absolute Gasteiger partial charge is 0.360 e. The zero-order valence-corrected chi connectivity index (χ0v) is 11.8. The van der Waals surface area contributed by atoms with Gasteiger partial charge in [-0.05, 0) is 30.5 Å². The van der Waals surface area contributed by atoms with Crippen molar-refractivity contribution in [3.8, 4) is 0 Å². The number of aromatic nitrogens is 2. The summed E-state index contributed by atoms with van der Waals surface area (Å²) in [5.74, 6) is -0.978. The van der Waals surface area contributed by atoms with Gasteiger partial charge in [-0.25, -0.2) is 4.79 Å². The Kier molecular flexibility index (Phi) is 3.61. The van der Waals surface area contributed by atoms with Crippen molar-refractivity contribution in [3.05, 3.63) is 48.0 Å². The lowest BCUT2D eigenvalue weighted by molar-refractivity contribution is 0.0519. The standard InChI is InChI=1S/C15H13N3O4/c1-2-21-14(20)12-8-22-15(17-12)18-13(19)10-4-3-9-5-6-16-11(9)7-10/h3-8,16H,2H2,1H3,(H,17,18,19). The second-order valence-corrected chi connectivity index (χ2v) is 4.49. The van der Waals surface area contributed by atoms with Crippen molar-refractivity contribution in [2.45, 2.75) is 6.92 Å². The predicted molar refractivity (Wildman–Crippen MR) is 78.7 cm³/mol. The second kappa shape index (κ2) is 5.72. The molecule has 7 heteroatoms. The number of hydrogen-bond donors (Lipinski definition) is 2. The van der Waals surface area contributed by atoms with Crippen LogP contribution in [0, 0.1) is 0 Å². The van der Waals surface area contributed by atoms with E-state index >= 15 is 0 Å². The maximum Gasteiger partial charge on any atom is 0.360 e. The molecule has 112 valence electrons. The van der Waals surface area contributed by atoms with E-state index in [0.717, 1.165) is 17.2 Å². The number of carbonyl (C=O) groups is 2. The molecular formula is C15H13N3O4. The van der Waals surface area contributed by atoms with Crippen molar-refractivity contribution in [3.63, 3.8) is 0 Å². The van der Waals surface area contributed by atoms with Crippen LogP contribution < -0.4 is 5.32 Å². The number of anilines is 1. The zero-order valence-electron chi connectivity index (χ0n) is 11.8. The third kappa shape index (κ3) is 2.69. The molecule has 0 aliphatic rings. The van der Waals surface area contributed by atoms with Gasteiger partial charge < -0.3 is 14.1 Å². The van der Waals surface area contributed by atoms with Gasteiger partial charge >= 0.3 is 12.0 Å². The van der Waals surface area contributed by atoms with Crippen LogP contribution >= 0.6 is 0 Å². The van der Waals surface area contributed by atoms with E-state index in [4.69, 9.17) is 9.15 Å². The van der Waals surface area contributed by atoms with Gasteiger partial charge in [-0.2, -0.15) is 4.98 Å². The minimum absolute atomic E-state index is 0.0111. The van der Waals surface area contributed by atoms with Gasteiger partial charge in [0.2, 0.25) is 0 Å². The fourth-order valence-corrected chi connectivity index (χ4v) is 1.99. The second-order valence-electron chi connectivity index (χ2n) is 4.49. The van der Waals surface area contributed by atoms with Gasteiger partial charge in [0.05, 0.1) is 6.61 Å². The van der Waals surface area contributed by atoms with Crippen molar-refractivity contribution in [1.29, 1.82) is 0 Å². The Morgan fingerprint density at radius 2 is 2.23 bits per heavy atom. The number of benzene rings is 1. The van der Waals surface area contributed by atoms with Crippen molar-refractivity contribution in [2.75, 3.05) is 11.9 Å². The number of aromatic amines is 1. The number of ether oxygens (including phenoxy) is 1. The molecule has 1 amide bonds. The van der Waals surface area contributed by atoms with E-state index in [9.17, 15) is 9.59 Å². The molecule has 0 bridgehead atoms. The third-order valence-corrected chi connectivity index (χ3v) is 3.03. The summed E-state index contributed by atoms with van der Waals surface area (Å²) in [5, 5.41) is 3.51. The average Bonchev–Trinajstić information content (AvgIpc) is 3.15. The average molecular weight is 299 g/mol. The third-order valence-electron chi connectivity index (χ3n) is 3.03. The van der Waals surface area contributed by atoms with Gasteiger partial charge in [0.1, 0.15) is 6.26 Å². The molecule has 0 saturated carbocycles. The fourth-order valence-electron chi connectivity index (χ4n) is 1.99. The zero-order chi connectivity index (χ0) is 15.5. The van der Waals surface area contributed by atoms with Crippen molar-refractivity contribution >= 4 is 28.8 Å². The molecule has 0 aliphatic carbocycles. The van der Waals surface area contributed by atoms with Crippen molar-refractivity contribution in [2.24, 2.45) is 0 Å². The van der Waals surface area contributed by atoms with Crippen molar-refractivity contribution < 1.29 is 18.7 Å². The first-order valence-electron chi connectivity index (χ1n) is 6.68. The number of hydrogen-bond acceptors (Lipinski definition) is 5. The van der Waals surface area contributed by atoms with E-state index in [1.165, 1.54) is 0 Å². The van der Waals surface area contributed by atoms with Crippen LogP contribution in [0.3, 0.4) is 0 Å². The SMILES string of the molecule is CCOC(=O)c1coc(NC(=O)c2ccc3cc[nH]c3c2)n1. The molecule has 22 heavy (non-hydrogen) atoms. The molecule has 0 radical (unpaired) electrons. The first-order chi connectivity index (χ1) is 10.7. The lowest BCUT2D eigenvalue weighted by Crippen LogP contribution is -2.12. The van der Waals surface area contributed by atoms with Gasteiger partial charge in [-0.3, -0.25) is 10.1 Å². The Balaban J connectivity index is 1.74. The molecule has 0 unspecified atom stereocenters. The van der Waals surface area contributed by atoms with Crippen LogP contribution in [0.5, 0.6) is 0 Å². The van der Waals surface area contributed by atoms with Crippen LogP contribution in [0.2, 0.25) is 0 Å². The molecule has 3 rings (SSSR count). The number of H-pyrrole nitrogens is 1. The molecule has 0 saturated heterocycles. The first-order valence-corrected chi connectivity index (χ1v) is 6.68. The normalized spacial score (nSPS) is 10.6. The molecule has 0 fully saturated rings. The Hall–Kier alpha value is -3.09. The minimum atomic E-state index is -0.598. The minimum Gasteiger partial charge on any atom is -0.461 e. The molecule has 3 aromatic rings. The summed E-state index contributed by atoms with van der Waals surface area (Å²) >= 11 is 0. The van der Waals surface area contributed by atoms with Gasteiger partial charge in [0.15, 0.2) is 5.69 Å². The molecule has 2 aromatic heterocycles. The summed E-state index contributed by atoms with van der Waals surface area (Å²) in [6, 6.07) is 7.11. The predicted octanol–water partition coefficient (Wildman–Crippen LogP) is 2.58. The Morgan fingerprint density at radius 1 is 1.36 bits per heavy atom. The monoisotopic (exact) mass is 299 g/mol. The highest BCUT2D eigenvalue weighted by Gasteiger charge is 2.15. The summed E-state index contributed by atoms with van der Waals surface area (Å²) < 4.78 is 9.84. The lowest BCUT2D eigenvalue weighted by atomic mass is 10.1. The number of nitrogens with zero attached hydrogens (tertiary/aromatic N) is 1. The number of oxazole rings is 1. The molecule has 7 nitrogen and oxygen atoms in total. The Bertz CT molecular complexity index is 834. The van der Waals surface area contributed by atoms with Crippen LogP contribution in [0.4, 0.5) is 6.01 Å². The molecule has 0 aliphatic heterocycles. The molecule has 0 spiro atoms. The van der Waals surface area contributed by atoms with E-state index in [1.807, 2.05) is 12.1 Å². The number of esters is 1. The van der Waals surface area contributed by atoms with Crippen molar-refractivity contribution in [1.82, 2.24) is 9.97 Å². The quantitative estimate of drug-likeness (QED) is 0.722. The van der Waals surface area contributed by atoms with Gasteiger partial charge in [0.25, 0.3) is 5.91 Å². The number of fused-ring (bicyclic) bond motifs is 1. The highest BCUT2D eigenvalue weighted by Crippen LogP contribution is 2.16. The number of nitrogens with one attached hydrogen (secondary N) is 2. The molecule has 1 aromatic carbocycles. The molecule has 0 atom stereocenters. The highest BCUT2D eigenvalue weighted by molar-refractivity contribution is 6.05. The summed E-state index contributed by atoms with van der Waals surface area (Å²) in [6.07, 6.45) is 2.94. The molecule has 2 N–H and O–H groups in total. The fraction of sp³-hybridized carbons (Fsp3) is 0.133. The van der Waals surface area contributed by atoms with Gasteiger partial charge in [-0.15, -0.1) is 0 Å². The summed E-state index contributed by atoms with van der Waals surface area (Å²) in [7, 11) is 0. The van der Waals surface area contributed by atoms with Crippen LogP contribution in [-0.4, -0.2) is 28.5 Å². The summed E-state index contributed by atoms with van der Waals surface area (Å²) in [5.41, 5.74) is 1.31. The maximum absolute atomic E-state index is 12.1. The summed E-state index contributed by atoms with van der Waals surface area (Å²) in [4.78, 5) is 30.5. The van der Waals surface area contributed by atoms with E-state index in [2.05, 4.69) is 15.3 Å². The van der Waals surface area contributed by atoms with E-state index in [-0.39, 0.29) is 24.2 Å². The largest absolute Gasteiger partial charge is 0.461 e. The van der Waals surface area contributed by atoms with E-state index < -0.39 is 5.97 Å². The maximum atomic E-state index is 12.1. The van der Waals surface area contributed by atoms with Crippen LogP contribution in [0.15, 0.2) is 41.1 Å². The highest BCUT2D eigenvalue weighted by atomic mass is 16.5. The number of rotatable bonds is 4. The Morgan fingerprint density at radius 3 is 3.05 bits per heavy atom. The van der Waals surface area contributed by atoms with E-state index in [1.54, 1.807) is 25.3 Å².